The molecule has 0 aliphatic carbocycles. The highest BCUT2D eigenvalue weighted by Gasteiger charge is 2.22. The van der Waals surface area contributed by atoms with Crippen molar-refractivity contribution in [1.29, 1.82) is 0 Å². The van der Waals surface area contributed by atoms with Crippen LogP contribution in [0.5, 0.6) is 0 Å². The molecule has 0 unspecified atom stereocenters. The fourth-order valence-corrected chi connectivity index (χ4v) is 3.23. The van der Waals surface area contributed by atoms with E-state index in [2.05, 4.69) is 49.5 Å². The van der Waals surface area contributed by atoms with Gasteiger partial charge in [-0.15, -0.1) is 0 Å². The van der Waals surface area contributed by atoms with Crippen LogP contribution in [0.25, 0.3) is 0 Å². The van der Waals surface area contributed by atoms with E-state index in [1.807, 2.05) is 17.9 Å². The Morgan fingerprint density at radius 2 is 1.94 bits per heavy atom. The van der Waals surface area contributed by atoms with Crippen molar-refractivity contribution in [2.75, 3.05) is 44.2 Å². The van der Waals surface area contributed by atoms with Crippen LogP contribution in [-0.2, 0) is 11.3 Å². The molecule has 0 spiro atoms. The van der Waals surface area contributed by atoms with Gasteiger partial charge in [0.15, 0.2) is 11.7 Å². The average Bonchev–Trinajstić information content (AvgIpc) is 3.27. The minimum absolute atomic E-state index is 0.133. The largest absolute Gasteiger partial charge is 0.359 e. The molecule has 10 nitrogen and oxygen atoms in total. The molecule has 0 saturated carbocycles. The van der Waals surface area contributed by atoms with Crippen LogP contribution in [0.4, 0.5) is 5.95 Å². The molecule has 3 rings (SSSR count). The third-order valence-corrected chi connectivity index (χ3v) is 5.00. The van der Waals surface area contributed by atoms with Gasteiger partial charge in [0, 0.05) is 64.1 Å². The number of carbonyl (C=O) groups is 1. The summed E-state index contributed by atoms with van der Waals surface area (Å²) in [4.78, 5) is 29.7. The molecule has 2 N–H and O–H groups in total. The lowest BCUT2D eigenvalue weighted by molar-refractivity contribution is -0.131. The molecule has 2 aromatic heterocycles. The summed E-state index contributed by atoms with van der Waals surface area (Å²) in [6.07, 6.45) is 3.88. The number of aromatic nitrogens is 3. The summed E-state index contributed by atoms with van der Waals surface area (Å²) < 4.78 is 5.33. The first-order valence-corrected chi connectivity index (χ1v) is 10.8. The Labute approximate surface area is 183 Å². The molecule has 31 heavy (non-hydrogen) atoms. The van der Waals surface area contributed by atoms with Crippen LogP contribution in [0.2, 0.25) is 0 Å². The molecular weight excluding hydrogens is 396 g/mol. The SMILES string of the molecule is CCNC(=NCc1cc(C(C)C)no1)NCCC(=O)N1CCN(c2ncccn2)CC1. The summed E-state index contributed by atoms with van der Waals surface area (Å²) in [6, 6.07) is 3.73. The van der Waals surface area contributed by atoms with E-state index >= 15 is 0 Å². The van der Waals surface area contributed by atoms with Crippen LogP contribution >= 0.6 is 0 Å². The second kappa shape index (κ2) is 11.3. The lowest BCUT2D eigenvalue weighted by Gasteiger charge is -2.34. The number of aliphatic imine (C=N–C) groups is 1. The summed E-state index contributed by atoms with van der Waals surface area (Å²) in [5.74, 6) is 2.55. The maximum absolute atomic E-state index is 12.6. The lowest BCUT2D eigenvalue weighted by atomic mass is 10.1. The summed E-state index contributed by atoms with van der Waals surface area (Å²) in [5, 5.41) is 10.5. The van der Waals surface area contributed by atoms with E-state index in [1.165, 1.54) is 0 Å². The summed E-state index contributed by atoms with van der Waals surface area (Å²) >= 11 is 0. The number of amides is 1. The Kier molecular flexibility index (Phi) is 8.19. The molecule has 1 aliphatic heterocycles. The molecule has 10 heteroatoms. The van der Waals surface area contributed by atoms with Gasteiger partial charge in [0.2, 0.25) is 11.9 Å². The van der Waals surface area contributed by atoms with Crippen molar-refractivity contribution in [3.63, 3.8) is 0 Å². The van der Waals surface area contributed by atoms with E-state index < -0.39 is 0 Å². The molecular formula is C21H32N8O2. The zero-order valence-corrected chi connectivity index (χ0v) is 18.5. The van der Waals surface area contributed by atoms with Gasteiger partial charge in [-0.05, 0) is 18.9 Å². The van der Waals surface area contributed by atoms with Gasteiger partial charge < -0.3 is 25.0 Å². The number of piperazine rings is 1. The quantitative estimate of drug-likeness (QED) is 0.479. The predicted octanol–water partition coefficient (Wildman–Crippen LogP) is 1.38. The van der Waals surface area contributed by atoms with E-state index in [-0.39, 0.29) is 5.91 Å². The second-order valence-electron chi connectivity index (χ2n) is 7.66. The highest BCUT2D eigenvalue weighted by Crippen LogP contribution is 2.14. The van der Waals surface area contributed by atoms with Crippen LogP contribution in [-0.4, -0.2) is 71.2 Å². The van der Waals surface area contributed by atoms with Crippen molar-refractivity contribution < 1.29 is 9.32 Å². The van der Waals surface area contributed by atoms with Crippen molar-refractivity contribution in [3.8, 4) is 0 Å². The Morgan fingerprint density at radius 1 is 1.19 bits per heavy atom. The summed E-state index contributed by atoms with van der Waals surface area (Å²) in [7, 11) is 0. The molecule has 3 heterocycles. The number of nitrogens with zero attached hydrogens (tertiary/aromatic N) is 6. The van der Waals surface area contributed by atoms with Crippen LogP contribution in [0.1, 0.15) is 44.6 Å². The molecule has 2 aromatic rings. The van der Waals surface area contributed by atoms with Crippen molar-refractivity contribution in [2.45, 2.75) is 39.7 Å². The zero-order valence-electron chi connectivity index (χ0n) is 18.5. The van der Waals surface area contributed by atoms with Crippen molar-refractivity contribution in [1.82, 2.24) is 30.7 Å². The molecule has 0 bridgehead atoms. The second-order valence-corrected chi connectivity index (χ2v) is 7.66. The molecule has 168 valence electrons. The van der Waals surface area contributed by atoms with Gasteiger partial charge in [0.05, 0.1) is 5.69 Å². The Morgan fingerprint density at radius 3 is 2.58 bits per heavy atom. The Bertz CT molecular complexity index is 844. The number of guanidine groups is 1. The van der Waals surface area contributed by atoms with Gasteiger partial charge in [0.25, 0.3) is 0 Å². The van der Waals surface area contributed by atoms with E-state index in [1.54, 1.807) is 18.5 Å². The smallest absolute Gasteiger partial charge is 0.225 e. The zero-order chi connectivity index (χ0) is 22.1. The summed E-state index contributed by atoms with van der Waals surface area (Å²) in [5.41, 5.74) is 0.924. The lowest BCUT2D eigenvalue weighted by Crippen LogP contribution is -2.50. The first-order chi connectivity index (χ1) is 15.1. The number of hydrogen-bond acceptors (Lipinski definition) is 7. The normalized spacial score (nSPS) is 14.8. The van der Waals surface area contributed by atoms with Crippen LogP contribution < -0.4 is 15.5 Å². The molecule has 1 aliphatic rings. The maximum atomic E-state index is 12.6. The standard InChI is InChI=1S/C21H32N8O2/c1-4-22-20(26-15-17-14-18(16(2)3)27-31-17)23-9-6-19(30)28-10-12-29(13-11-28)21-24-7-5-8-25-21/h5,7-8,14,16H,4,6,9-13,15H2,1-3H3,(H2,22,23,26). The van der Waals surface area contributed by atoms with E-state index in [0.29, 0.717) is 44.5 Å². The fraction of sp³-hybridized carbons (Fsp3) is 0.571. The fourth-order valence-electron chi connectivity index (χ4n) is 3.23. The van der Waals surface area contributed by atoms with Gasteiger partial charge >= 0.3 is 0 Å². The Hall–Kier alpha value is -3.17. The van der Waals surface area contributed by atoms with Crippen LogP contribution in [0.3, 0.4) is 0 Å². The molecule has 1 saturated heterocycles. The van der Waals surface area contributed by atoms with Crippen molar-refractivity contribution >= 4 is 17.8 Å². The number of hydrogen-bond donors (Lipinski definition) is 2. The highest BCUT2D eigenvalue weighted by atomic mass is 16.5. The minimum atomic E-state index is 0.133. The average molecular weight is 429 g/mol. The first kappa shape index (κ1) is 22.5. The van der Waals surface area contributed by atoms with E-state index in [4.69, 9.17) is 4.52 Å². The number of carbonyl (C=O) groups excluding carboxylic acids is 1. The van der Waals surface area contributed by atoms with Gasteiger partial charge in [-0.2, -0.15) is 0 Å². The van der Waals surface area contributed by atoms with Gasteiger partial charge in [-0.25, -0.2) is 15.0 Å². The van der Waals surface area contributed by atoms with Crippen molar-refractivity contribution in [3.05, 3.63) is 36.0 Å². The number of nitrogens with one attached hydrogen (secondary N) is 2. The third kappa shape index (κ3) is 6.66. The number of anilines is 1. The minimum Gasteiger partial charge on any atom is -0.359 e. The number of rotatable bonds is 8. The van der Waals surface area contributed by atoms with E-state index in [0.717, 1.165) is 37.0 Å². The topological polar surface area (TPSA) is 112 Å². The van der Waals surface area contributed by atoms with Gasteiger partial charge in [0.1, 0.15) is 6.54 Å². The van der Waals surface area contributed by atoms with Gasteiger partial charge in [-0.3, -0.25) is 4.79 Å². The monoisotopic (exact) mass is 428 g/mol. The van der Waals surface area contributed by atoms with Gasteiger partial charge in [-0.1, -0.05) is 19.0 Å². The maximum Gasteiger partial charge on any atom is 0.225 e. The first-order valence-electron chi connectivity index (χ1n) is 10.8. The third-order valence-electron chi connectivity index (χ3n) is 5.00. The van der Waals surface area contributed by atoms with Crippen LogP contribution in [0.15, 0.2) is 34.0 Å². The predicted molar refractivity (Wildman–Crippen MR) is 119 cm³/mol. The molecule has 1 fully saturated rings. The van der Waals surface area contributed by atoms with Crippen molar-refractivity contribution in [2.24, 2.45) is 4.99 Å². The Balaban J connectivity index is 1.42. The molecule has 1 amide bonds. The summed E-state index contributed by atoms with van der Waals surface area (Å²) in [6.45, 7) is 10.6. The highest BCUT2D eigenvalue weighted by molar-refractivity contribution is 5.81. The molecule has 0 atom stereocenters. The van der Waals surface area contributed by atoms with E-state index in [9.17, 15) is 4.79 Å². The molecule has 0 aromatic carbocycles. The van der Waals surface area contributed by atoms with Crippen LogP contribution in [0, 0.1) is 0 Å². The molecule has 0 radical (unpaired) electrons.